The summed E-state index contributed by atoms with van der Waals surface area (Å²) in [6, 6.07) is 7.64. The molecule has 0 radical (unpaired) electrons. The fraction of sp³-hybridized carbons (Fsp3) is 0.333. The third-order valence-corrected chi connectivity index (χ3v) is 4.26. The number of nitrogens with zero attached hydrogens (tertiary/aromatic N) is 1. The van der Waals surface area contributed by atoms with Gasteiger partial charge in [0.2, 0.25) is 5.91 Å². The number of aryl methyl sites for hydroxylation is 2. The van der Waals surface area contributed by atoms with Crippen LogP contribution in [0.1, 0.15) is 35.4 Å². The lowest BCUT2D eigenvalue weighted by atomic mass is 9.97. The van der Waals surface area contributed by atoms with Gasteiger partial charge in [0, 0.05) is 17.0 Å². The van der Waals surface area contributed by atoms with Crippen molar-refractivity contribution in [3.05, 3.63) is 40.4 Å². The molecule has 20 heavy (non-hydrogen) atoms. The van der Waals surface area contributed by atoms with Crippen molar-refractivity contribution in [1.82, 2.24) is 4.98 Å². The maximum absolute atomic E-state index is 12.0. The summed E-state index contributed by atoms with van der Waals surface area (Å²) in [5.41, 5.74) is 8.48. The molecule has 1 aromatic carbocycles. The molecule has 0 fully saturated rings. The molecular weight excluding hydrogens is 270 g/mol. The standard InChI is InChI=1S/C15H19N3OS/c1-9(12-4-6-13(16)7-5-12)8-14(19)18-15-17-10(2)11(3)20-15/h4-7,9H,8,16H2,1-3H3,(H,17,18,19). The number of nitrogen functional groups attached to an aromatic ring is 1. The fourth-order valence-corrected chi connectivity index (χ4v) is 2.75. The van der Waals surface area contributed by atoms with Crippen LogP contribution in [0.15, 0.2) is 24.3 Å². The zero-order chi connectivity index (χ0) is 14.7. The second kappa shape index (κ2) is 6.05. The Hall–Kier alpha value is -1.88. The van der Waals surface area contributed by atoms with Crippen molar-refractivity contribution in [1.29, 1.82) is 0 Å². The van der Waals surface area contributed by atoms with E-state index in [0.29, 0.717) is 11.6 Å². The molecule has 1 amide bonds. The summed E-state index contributed by atoms with van der Waals surface area (Å²) < 4.78 is 0. The van der Waals surface area contributed by atoms with Crippen molar-refractivity contribution >= 4 is 28.1 Å². The highest BCUT2D eigenvalue weighted by molar-refractivity contribution is 7.15. The van der Waals surface area contributed by atoms with Crippen LogP contribution in [0.25, 0.3) is 0 Å². The molecule has 1 aromatic heterocycles. The van der Waals surface area contributed by atoms with Gasteiger partial charge in [-0.3, -0.25) is 4.79 Å². The average molecular weight is 289 g/mol. The van der Waals surface area contributed by atoms with E-state index in [4.69, 9.17) is 5.73 Å². The molecule has 1 unspecified atom stereocenters. The highest BCUT2D eigenvalue weighted by atomic mass is 32.1. The summed E-state index contributed by atoms with van der Waals surface area (Å²) in [4.78, 5) is 17.5. The second-order valence-corrected chi connectivity index (χ2v) is 6.18. The van der Waals surface area contributed by atoms with Gasteiger partial charge in [0.05, 0.1) is 5.69 Å². The van der Waals surface area contributed by atoms with Crippen molar-refractivity contribution in [2.75, 3.05) is 11.1 Å². The molecule has 106 valence electrons. The van der Waals surface area contributed by atoms with E-state index in [1.165, 1.54) is 11.3 Å². The van der Waals surface area contributed by atoms with E-state index in [1.54, 1.807) is 0 Å². The number of nitrogens with one attached hydrogen (secondary N) is 1. The van der Waals surface area contributed by atoms with E-state index >= 15 is 0 Å². The number of hydrogen-bond acceptors (Lipinski definition) is 4. The lowest BCUT2D eigenvalue weighted by Gasteiger charge is -2.11. The number of aromatic nitrogens is 1. The number of anilines is 2. The van der Waals surface area contributed by atoms with Gasteiger partial charge in [-0.15, -0.1) is 11.3 Å². The van der Waals surface area contributed by atoms with Gasteiger partial charge >= 0.3 is 0 Å². The average Bonchev–Trinajstić information content (AvgIpc) is 2.68. The van der Waals surface area contributed by atoms with E-state index in [2.05, 4.69) is 10.3 Å². The first-order valence-electron chi connectivity index (χ1n) is 6.55. The third kappa shape index (κ3) is 3.57. The second-order valence-electron chi connectivity index (χ2n) is 4.98. The number of benzene rings is 1. The molecule has 3 N–H and O–H groups in total. The smallest absolute Gasteiger partial charge is 0.226 e. The minimum absolute atomic E-state index is 0.0110. The van der Waals surface area contributed by atoms with Gasteiger partial charge in [-0.2, -0.15) is 0 Å². The largest absolute Gasteiger partial charge is 0.399 e. The van der Waals surface area contributed by atoms with Crippen LogP contribution in [0.2, 0.25) is 0 Å². The van der Waals surface area contributed by atoms with Crippen LogP contribution in [0.3, 0.4) is 0 Å². The zero-order valence-electron chi connectivity index (χ0n) is 11.9. The lowest BCUT2D eigenvalue weighted by Crippen LogP contribution is -2.14. The van der Waals surface area contributed by atoms with Crippen LogP contribution in [-0.2, 0) is 4.79 Å². The Kier molecular flexibility index (Phi) is 4.39. The van der Waals surface area contributed by atoms with E-state index in [9.17, 15) is 4.79 Å². The summed E-state index contributed by atoms with van der Waals surface area (Å²) in [6.45, 7) is 5.97. The van der Waals surface area contributed by atoms with E-state index in [0.717, 1.165) is 21.8 Å². The first kappa shape index (κ1) is 14.5. The van der Waals surface area contributed by atoms with Crippen LogP contribution < -0.4 is 11.1 Å². The molecule has 0 bridgehead atoms. The topological polar surface area (TPSA) is 68.0 Å². The van der Waals surface area contributed by atoms with Crippen LogP contribution in [0.4, 0.5) is 10.8 Å². The first-order chi connectivity index (χ1) is 9.45. The molecule has 2 rings (SSSR count). The van der Waals surface area contributed by atoms with Gasteiger partial charge < -0.3 is 11.1 Å². The summed E-state index contributed by atoms with van der Waals surface area (Å²) in [5.74, 6) is 0.140. The predicted octanol–water partition coefficient (Wildman–Crippen LogP) is 3.47. The van der Waals surface area contributed by atoms with Gasteiger partial charge in [0.15, 0.2) is 5.13 Å². The normalized spacial score (nSPS) is 12.2. The minimum atomic E-state index is -0.0110. The summed E-state index contributed by atoms with van der Waals surface area (Å²) in [5, 5.41) is 3.53. The number of rotatable bonds is 4. The first-order valence-corrected chi connectivity index (χ1v) is 7.36. The van der Waals surface area contributed by atoms with Crippen LogP contribution in [0.5, 0.6) is 0 Å². The summed E-state index contributed by atoms with van der Waals surface area (Å²) in [6.07, 6.45) is 0.432. The van der Waals surface area contributed by atoms with Crippen LogP contribution >= 0.6 is 11.3 Å². The quantitative estimate of drug-likeness (QED) is 0.847. The van der Waals surface area contributed by atoms with Crippen LogP contribution in [0, 0.1) is 13.8 Å². The van der Waals surface area contributed by atoms with Crippen molar-refractivity contribution in [2.24, 2.45) is 0 Å². The summed E-state index contributed by atoms with van der Waals surface area (Å²) in [7, 11) is 0. The zero-order valence-corrected chi connectivity index (χ0v) is 12.8. The van der Waals surface area contributed by atoms with Crippen molar-refractivity contribution < 1.29 is 4.79 Å². The highest BCUT2D eigenvalue weighted by Gasteiger charge is 2.13. The molecule has 0 spiro atoms. The molecule has 4 nitrogen and oxygen atoms in total. The number of hydrogen-bond donors (Lipinski definition) is 2. The van der Waals surface area contributed by atoms with Crippen molar-refractivity contribution in [2.45, 2.75) is 33.1 Å². The molecular formula is C15H19N3OS. The van der Waals surface area contributed by atoms with Gasteiger partial charge in [-0.1, -0.05) is 19.1 Å². The Morgan fingerprint density at radius 2 is 2.00 bits per heavy atom. The maximum Gasteiger partial charge on any atom is 0.226 e. The van der Waals surface area contributed by atoms with E-state index < -0.39 is 0 Å². The van der Waals surface area contributed by atoms with Crippen molar-refractivity contribution in [3.63, 3.8) is 0 Å². The number of carbonyl (C=O) groups excluding carboxylic acids is 1. The Morgan fingerprint density at radius 1 is 1.35 bits per heavy atom. The van der Waals surface area contributed by atoms with Crippen molar-refractivity contribution in [3.8, 4) is 0 Å². The Labute approximate surface area is 123 Å². The summed E-state index contributed by atoms with van der Waals surface area (Å²) >= 11 is 1.51. The fourth-order valence-electron chi connectivity index (χ4n) is 1.92. The minimum Gasteiger partial charge on any atom is -0.399 e. The highest BCUT2D eigenvalue weighted by Crippen LogP contribution is 2.24. The molecule has 0 saturated carbocycles. The maximum atomic E-state index is 12.0. The molecule has 0 aliphatic rings. The molecule has 2 aromatic rings. The molecule has 0 aliphatic heterocycles. The number of nitrogens with two attached hydrogens (primary N) is 1. The molecule has 0 aliphatic carbocycles. The van der Waals surface area contributed by atoms with E-state index in [1.807, 2.05) is 45.0 Å². The Morgan fingerprint density at radius 3 is 2.55 bits per heavy atom. The third-order valence-electron chi connectivity index (χ3n) is 3.27. The molecule has 5 heteroatoms. The van der Waals surface area contributed by atoms with Gasteiger partial charge in [-0.25, -0.2) is 4.98 Å². The number of amides is 1. The SMILES string of the molecule is Cc1nc(NC(=O)CC(C)c2ccc(N)cc2)sc1C. The van der Waals surface area contributed by atoms with Crippen LogP contribution in [-0.4, -0.2) is 10.9 Å². The Bertz CT molecular complexity index is 585. The number of thiazole rings is 1. The van der Waals surface area contributed by atoms with Gasteiger partial charge in [0.1, 0.15) is 0 Å². The lowest BCUT2D eigenvalue weighted by molar-refractivity contribution is -0.116. The van der Waals surface area contributed by atoms with Gasteiger partial charge in [0.25, 0.3) is 0 Å². The Balaban J connectivity index is 1.95. The number of carbonyl (C=O) groups is 1. The van der Waals surface area contributed by atoms with Gasteiger partial charge in [-0.05, 0) is 37.5 Å². The van der Waals surface area contributed by atoms with E-state index in [-0.39, 0.29) is 11.8 Å². The monoisotopic (exact) mass is 289 g/mol. The molecule has 1 heterocycles. The molecule has 0 saturated heterocycles. The predicted molar refractivity (Wildman–Crippen MR) is 84.1 cm³/mol. The molecule has 1 atom stereocenters.